The van der Waals surface area contributed by atoms with Gasteiger partial charge in [0, 0.05) is 5.39 Å². The van der Waals surface area contributed by atoms with Crippen molar-refractivity contribution in [3.63, 3.8) is 0 Å². The van der Waals surface area contributed by atoms with Crippen molar-refractivity contribution in [1.82, 2.24) is 10.6 Å². The third-order valence-corrected chi connectivity index (χ3v) is 10.6. The van der Waals surface area contributed by atoms with E-state index in [9.17, 15) is 23.3 Å². The van der Waals surface area contributed by atoms with Crippen LogP contribution in [0.25, 0.3) is 22.1 Å². The number of nitrogens with zero attached hydrogens (tertiary/aromatic N) is 1. The van der Waals surface area contributed by atoms with E-state index in [4.69, 9.17) is 4.42 Å². The van der Waals surface area contributed by atoms with E-state index in [0.29, 0.717) is 36.8 Å². The summed E-state index contributed by atoms with van der Waals surface area (Å²) in [7, 11) is -3.17. The molecule has 2 heterocycles. The second kappa shape index (κ2) is 9.98. The lowest BCUT2D eigenvalue weighted by Gasteiger charge is -2.37. The first-order valence-corrected chi connectivity index (χ1v) is 16.0. The van der Waals surface area contributed by atoms with Crippen LogP contribution in [-0.2, 0) is 20.3 Å². The molecule has 6 rings (SSSR count). The molecule has 2 saturated carbocycles. The number of hydrogen-bond acceptors (Lipinski definition) is 6. The number of rotatable bonds is 6. The number of nitrogens with one attached hydrogen (secondary N) is 2. The first-order chi connectivity index (χ1) is 19.5. The Morgan fingerprint density at radius 3 is 2.15 bits per heavy atom. The maximum atomic E-state index is 15.5. The molecule has 214 valence electrons. The first-order valence-electron chi connectivity index (χ1n) is 14.1. The van der Waals surface area contributed by atoms with Crippen LogP contribution in [0.15, 0.2) is 52.9 Å². The van der Waals surface area contributed by atoms with Crippen LogP contribution in [0, 0.1) is 11.3 Å². The zero-order chi connectivity index (χ0) is 28.9. The SMILES string of the molecule is N#CC1(NC(=O)C2(NC(=O)c3cc4ccc(-c5ccc(C6(F)CCS(=O)(=O)CC6)cc5)cc4o3)CCCCC2)CC1. The fraction of sp³-hybridized carbons (Fsp3) is 0.452. The molecule has 0 atom stereocenters. The van der Waals surface area contributed by atoms with Crippen LogP contribution < -0.4 is 10.6 Å². The van der Waals surface area contributed by atoms with Crippen LogP contribution in [0.1, 0.15) is 73.9 Å². The smallest absolute Gasteiger partial charge is 0.287 e. The standard InChI is InChI=1S/C31H32FN3O5S/c32-30(14-16-41(38,39)17-15-30)24-8-6-21(7-9-24)22-4-5-23-19-26(40-25(23)18-22)27(36)34-31(10-2-1-3-11-31)28(37)35-29(20-33)12-13-29/h4-9,18-19H,1-3,10-17H2,(H,34,36)(H,35,37). The molecule has 3 aromatic rings. The first kappa shape index (κ1) is 27.5. The Hall–Kier alpha value is -3.71. The lowest BCUT2D eigenvalue weighted by Crippen LogP contribution is -2.61. The van der Waals surface area contributed by atoms with Gasteiger partial charge in [0.15, 0.2) is 15.6 Å². The minimum absolute atomic E-state index is 0.0417. The molecule has 1 aromatic heterocycles. The number of alkyl halides is 1. The molecule has 0 spiro atoms. The van der Waals surface area contributed by atoms with Crippen LogP contribution in [0.3, 0.4) is 0 Å². The van der Waals surface area contributed by atoms with E-state index in [1.165, 1.54) is 0 Å². The lowest BCUT2D eigenvalue weighted by atomic mass is 9.80. The number of amides is 2. The molecule has 2 N–H and O–H groups in total. The molecule has 1 saturated heterocycles. The van der Waals surface area contributed by atoms with Crippen LogP contribution in [0.4, 0.5) is 4.39 Å². The number of benzene rings is 2. The highest BCUT2D eigenvalue weighted by atomic mass is 32.2. The van der Waals surface area contributed by atoms with Crippen LogP contribution in [-0.4, -0.2) is 42.8 Å². The van der Waals surface area contributed by atoms with E-state index < -0.39 is 32.5 Å². The van der Waals surface area contributed by atoms with Gasteiger partial charge in [-0.05, 0) is 67.3 Å². The molecule has 41 heavy (non-hydrogen) atoms. The predicted molar refractivity (Wildman–Crippen MR) is 151 cm³/mol. The summed E-state index contributed by atoms with van der Waals surface area (Å²) in [6, 6.07) is 16.4. The summed E-state index contributed by atoms with van der Waals surface area (Å²) in [4.78, 5) is 26.6. The predicted octanol–water partition coefficient (Wildman–Crippen LogP) is 5.08. The zero-order valence-electron chi connectivity index (χ0n) is 22.7. The van der Waals surface area contributed by atoms with Gasteiger partial charge in [0.05, 0.1) is 17.6 Å². The Labute approximate surface area is 238 Å². The van der Waals surface area contributed by atoms with Crippen molar-refractivity contribution in [2.24, 2.45) is 0 Å². The second-order valence-corrected chi connectivity index (χ2v) is 14.1. The summed E-state index contributed by atoms with van der Waals surface area (Å²) >= 11 is 0. The average Bonchev–Trinajstić information content (AvgIpc) is 3.62. The largest absolute Gasteiger partial charge is 0.451 e. The van der Waals surface area contributed by atoms with Crippen molar-refractivity contribution in [3.05, 3.63) is 59.9 Å². The van der Waals surface area contributed by atoms with Gasteiger partial charge in [-0.1, -0.05) is 55.7 Å². The monoisotopic (exact) mass is 577 g/mol. The van der Waals surface area contributed by atoms with Crippen molar-refractivity contribution in [2.75, 3.05) is 11.5 Å². The van der Waals surface area contributed by atoms with E-state index in [1.54, 1.807) is 30.3 Å². The number of halogens is 1. The molecule has 2 aromatic carbocycles. The van der Waals surface area contributed by atoms with Crippen LogP contribution in [0.2, 0.25) is 0 Å². The minimum atomic E-state index is -3.17. The number of carbonyl (C=O) groups excluding carboxylic acids is 2. The van der Waals surface area contributed by atoms with E-state index in [-0.39, 0.29) is 36.0 Å². The van der Waals surface area contributed by atoms with Crippen LogP contribution >= 0.6 is 0 Å². The molecule has 8 nitrogen and oxygen atoms in total. The molecular formula is C31H32FN3O5S. The molecule has 2 aliphatic carbocycles. The quantitative estimate of drug-likeness (QED) is 0.421. The molecule has 3 aliphatic rings. The number of hydrogen-bond donors (Lipinski definition) is 2. The van der Waals surface area contributed by atoms with Gasteiger partial charge < -0.3 is 15.1 Å². The van der Waals surface area contributed by atoms with Crippen molar-refractivity contribution in [2.45, 2.75) is 74.5 Å². The molecule has 3 fully saturated rings. The van der Waals surface area contributed by atoms with Gasteiger partial charge in [0.2, 0.25) is 5.91 Å². The Balaban J connectivity index is 1.20. The molecule has 10 heteroatoms. The summed E-state index contributed by atoms with van der Waals surface area (Å²) in [5, 5.41) is 16.0. The number of sulfone groups is 1. The lowest BCUT2D eigenvalue weighted by molar-refractivity contribution is -0.129. The van der Waals surface area contributed by atoms with Crippen molar-refractivity contribution in [1.29, 1.82) is 5.26 Å². The second-order valence-electron chi connectivity index (χ2n) is 11.8. The van der Waals surface area contributed by atoms with E-state index in [0.717, 1.165) is 35.8 Å². The average molecular weight is 578 g/mol. The third-order valence-electron chi connectivity index (χ3n) is 8.91. The van der Waals surface area contributed by atoms with Crippen molar-refractivity contribution < 1.29 is 26.8 Å². The maximum absolute atomic E-state index is 15.5. The normalized spacial score (nSPS) is 21.9. The minimum Gasteiger partial charge on any atom is -0.451 e. The molecule has 1 aliphatic heterocycles. The van der Waals surface area contributed by atoms with E-state index >= 15 is 4.39 Å². The van der Waals surface area contributed by atoms with Gasteiger partial charge >= 0.3 is 0 Å². The highest BCUT2D eigenvalue weighted by molar-refractivity contribution is 7.91. The summed E-state index contributed by atoms with van der Waals surface area (Å²) in [5.41, 5.74) is -0.936. The Kier molecular flexibility index (Phi) is 6.68. The maximum Gasteiger partial charge on any atom is 0.287 e. The van der Waals surface area contributed by atoms with Gasteiger partial charge in [-0.25, -0.2) is 12.8 Å². The summed E-state index contributed by atoms with van der Waals surface area (Å²) < 4.78 is 44.9. The Morgan fingerprint density at radius 2 is 1.51 bits per heavy atom. The summed E-state index contributed by atoms with van der Waals surface area (Å²) in [6.07, 6.45) is 4.75. The van der Waals surface area contributed by atoms with Gasteiger partial charge in [-0.3, -0.25) is 9.59 Å². The molecule has 0 radical (unpaired) electrons. The summed E-state index contributed by atoms with van der Waals surface area (Å²) in [6.45, 7) is 0. The number of carbonyl (C=O) groups is 2. The van der Waals surface area contributed by atoms with Crippen molar-refractivity contribution in [3.8, 4) is 17.2 Å². The fourth-order valence-corrected chi connectivity index (χ4v) is 7.48. The molecule has 2 amide bonds. The molecule has 0 bridgehead atoms. The van der Waals surface area contributed by atoms with E-state index in [1.807, 2.05) is 18.2 Å². The van der Waals surface area contributed by atoms with Crippen LogP contribution in [0.5, 0.6) is 0 Å². The Bertz CT molecular complexity index is 1650. The highest BCUT2D eigenvalue weighted by Gasteiger charge is 2.50. The fourth-order valence-electron chi connectivity index (χ4n) is 6.00. The van der Waals surface area contributed by atoms with Gasteiger partial charge in [0.1, 0.15) is 22.3 Å². The highest BCUT2D eigenvalue weighted by Crippen LogP contribution is 2.39. The van der Waals surface area contributed by atoms with E-state index in [2.05, 4.69) is 16.7 Å². The van der Waals surface area contributed by atoms with Crippen molar-refractivity contribution >= 4 is 32.6 Å². The zero-order valence-corrected chi connectivity index (χ0v) is 23.5. The third kappa shape index (κ3) is 5.35. The van der Waals surface area contributed by atoms with Gasteiger partial charge in [-0.2, -0.15) is 5.26 Å². The molecule has 0 unspecified atom stereocenters. The molecular weight excluding hydrogens is 545 g/mol. The summed E-state index contributed by atoms with van der Waals surface area (Å²) in [5.74, 6) is -0.991. The number of fused-ring (bicyclic) bond motifs is 1. The Morgan fingerprint density at radius 1 is 0.854 bits per heavy atom. The number of nitriles is 1. The number of furan rings is 1. The van der Waals surface area contributed by atoms with Gasteiger partial charge in [0.25, 0.3) is 5.91 Å². The van der Waals surface area contributed by atoms with Gasteiger partial charge in [-0.15, -0.1) is 0 Å². The topological polar surface area (TPSA) is 129 Å².